The Morgan fingerprint density at radius 1 is 0.317 bits per heavy atom. The molecular formula is C109H136O14. The summed E-state index contributed by atoms with van der Waals surface area (Å²) in [6, 6.07) is 64.0. The SMILES string of the molecule is CCC(CCCC(C)c1ccc(OC(C)OCC2CCC(COC(C)Oc3cc(Cc4ccc(C)c(Cc5cc(C)cc(Cc6ccc(C)cc6OC(C)OCC6CCC(COC(C)Oc7ccc(C(C)CCCC(CC)c8ccc(O)cc8)cc7)CC6)c5O)c4O)cc(Cc4c(C)ccc(Cc5ccccc5O)c4O)c3)CC2)cc1)c1ccc(O)cc1. The fraction of sp³-hybridized carbons (Fsp3) is 0.450. The monoisotopic (exact) mass is 1670 g/mol. The molecule has 10 aromatic carbocycles. The molecule has 0 saturated heterocycles. The number of rotatable bonds is 44. The standard InChI is InChI=1S/C109H136O14/c1-13-86(90-39-47-98(110)48-40-90)22-17-19-72(5)88-43-51-100(52-44-88)120-76(9)116-66-80-28-30-82(31-29-80)68-118-78(11)122-102-60-84(58-85(61-102)62-103-74(7)27-38-95(109(103)115)63-92-21-15-16-24-105(92)112)59-94-37-26-75(8)104(108(94)114)65-97-56-71(4)55-96(107(97)113)64-93-36-25-70(3)57-106(93)123-79(12)119-69-83-34-32-81(33-35-83)67-117-77(10)121-101-53-45-89(46-54-101)73(6)20-18-23-87(14-2)91-41-49-99(111)50-42-91/h15-16,21,24-27,36-58,60-61,72-73,76-83,86-87,110-115H,13-14,17-20,22-23,28-35,59,62-69H2,1-12H3. The first kappa shape index (κ1) is 92.2. The summed E-state index contributed by atoms with van der Waals surface area (Å²) < 4.78 is 51.5. The van der Waals surface area contributed by atoms with Gasteiger partial charge in [-0.05, 0) is 349 Å². The third-order valence-electron chi connectivity index (χ3n) is 26.1. The highest BCUT2D eigenvalue weighted by Gasteiger charge is 2.28. The van der Waals surface area contributed by atoms with E-state index in [1.54, 1.807) is 36.4 Å². The Bertz CT molecular complexity index is 4940. The summed E-state index contributed by atoms with van der Waals surface area (Å²) in [6.45, 7) is 27.5. The average molecular weight is 1670 g/mol. The van der Waals surface area contributed by atoms with Crippen molar-refractivity contribution in [3.8, 4) is 57.5 Å². The van der Waals surface area contributed by atoms with Crippen LogP contribution >= 0.6 is 0 Å². The molecule has 0 spiro atoms. The van der Waals surface area contributed by atoms with Gasteiger partial charge in [0, 0.05) is 43.2 Å². The van der Waals surface area contributed by atoms with Gasteiger partial charge >= 0.3 is 0 Å². The number of aromatic hydroxyl groups is 6. The van der Waals surface area contributed by atoms with E-state index in [-0.39, 0.29) is 35.6 Å². The van der Waals surface area contributed by atoms with E-state index in [9.17, 15) is 30.6 Å². The molecule has 123 heavy (non-hydrogen) atoms. The van der Waals surface area contributed by atoms with Crippen molar-refractivity contribution < 1.29 is 68.5 Å². The fourth-order valence-corrected chi connectivity index (χ4v) is 18.3. The predicted octanol–water partition coefficient (Wildman–Crippen LogP) is 26.0. The van der Waals surface area contributed by atoms with Gasteiger partial charge < -0.3 is 68.5 Å². The van der Waals surface area contributed by atoms with Crippen molar-refractivity contribution in [1.29, 1.82) is 0 Å². The van der Waals surface area contributed by atoms with Crippen LogP contribution in [0.2, 0.25) is 0 Å². The maximum atomic E-state index is 12.5. The van der Waals surface area contributed by atoms with Gasteiger partial charge in [0.15, 0.2) is 25.2 Å². The lowest BCUT2D eigenvalue weighted by molar-refractivity contribution is -0.0947. The Hall–Kier alpha value is -9.96. The van der Waals surface area contributed by atoms with Crippen LogP contribution in [0.4, 0.5) is 0 Å². The molecule has 8 unspecified atom stereocenters. The van der Waals surface area contributed by atoms with E-state index in [0.29, 0.717) is 140 Å². The molecule has 0 radical (unpaired) electrons. The summed E-state index contributed by atoms with van der Waals surface area (Å²) >= 11 is 0. The molecule has 656 valence electrons. The van der Waals surface area contributed by atoms with Crippen LogP contribution in [0.5, 0.6) is 57.5 Å². The Balaban J connectivity index is 0.621. The minimum Gasteiger partial charge on any atom is -0.508 e. The van der Waals surface area contributed by atoms with Crippen LogP contribution < -0.4 is 18.9 Å². The molecule has 0 aromatic heterocycles. The van der Waals surface area contributed by atoms with Crippen molar-refractivity contribution >= 4 is 0 Å². The minimum atomic E-state index is -0.575. The number of ether oxygens (including phenoxy) is 8. The topological polar surface area (TPSA) is 195 Å². The zero-order valence-corrected chi connectivity index (χ0v) is 75.0. The fourth-order valence-electron chi connectivity index (χ4n) is 18.3. The van der Waals surface area contributed by atoms with Crippen LogP contribution in [0.15, 0.2) is 194 Å². The first-order valence-electron chi connectivity index (χ1n) is 45.7. The normalized spacial score (nSPS) is 17.5. The van der Waals surface area contributed by atoms with Crippen molar-refractivity contribution in [2.24, 2.45) is 23.7 Å². The van der Waals surface area contributed by atoms with Crippen LogP contribution in [0.25, 0.3) is 0 Å². The number of phenolic OH excluding ortho intramolecular Hbond substituents is 6. The number of para-hydroxylation sites is 1. The summed E-state index contributed by atoms with van der Waals surface area (Å²) in [4.78, 5) is 0. The van der Waals surface area contributed by atoms with Crippen molar-refractivity contribution in [1.82, 2.24) is 0 Å². The molecule has 8 atom stereocenters. The number of hydrogen-bond donors (Lipinski definition) is 6. The van der Waals surface area contributed by atoms with Gasteiger partial charge in [0.1, 0.15) is 57.5 Å². The summed E-state index contributed by atoms with van der Waals surface area (Å²) in [5.41, 5.74) is 17.0. The lowest BCUT2D eigenvalue weighted by Crippen LogP contribution is -2.27. The molecule has 14 nitrogen and oxygen atoms in total. The summed E-state index contributed by atoms with van der Waals surface area (Å²) in [7, 11) is 0. The average Bonchev–Trinajstić information content (AvgIpc) is 0.793. The van der Waals surface area contributed by atoms with Crippen LogP contribution in [0.1, 0.15) is 282 Å². The molecule has 10 aromatic rings. The number of phenols is 6. The van der Waals surface area contributed by atoms with E-state index in [1.807, 2.05) is 115 Å². The maximum Gasteiger partial charge on any atom is 0.197 e. The van der Waals surface area contributed by atoms with Gasteiger partial charge in [-0.3, -0.25) is 0 Å². The number of benzene rings is 10. The second kappa shape index (κ2) is 45.1. The van der Waals surface area contributed by atoms with Gasteiger partial charge in [-0.1, -0.05) is 167 Å². The molecule has 12 rings (SSSR count). The van der Waals surface area contributed by atoms with E-state index in [0.717, 1.165) is 181 Å². The van der Waals surface area contributed by atoms with E-state index in [4.69, 9.17) is 37.9 Å². The zero-order chi connectivity index (χ0) is 87.1. The van der Waals surface area contributed by atoms with Crippen LogP contribution in [0.3, 0.4) is 0 Å². The van der Waals surface area contributed by atoms with E-state index < -0.39 is 12.6 Å². The molecule has 2 aliphatic rings. The molecule has 0 aliphatic heterocycles. The molecule has 0 bridgehead atoms. The smallest absolute Gasteiger partial charge is 0.197 e. The van der Waals surface area contributed by atoms with Crippen molar-refractivity contribution in [2.75, 3.05) is 26.4 Å². The first-order valence-corrected chi connectivity index (χ1v) is 45.7. The molecule has 6 N–H and O–H groups in total. The zero-order valence-electron chi connectivity index (χ0n) is 75.0. The minimum absolute atomic E-state index is 0.167. The Kier molecular flexibility index (Phi) is 33.8. The van der Waals surface area contributed by atoms with Crippen molar-refractivity contribution in [3.05, 3.63) is 294 Å². The molecule has 2 fully saturated rings. The van der Waals surface area contributed by atoms with Gasteiger partial charge in [-0.25, -0.2) is 0 Å². The molecule has 2 saturated carbocycles. The van der Waals surface area contributed by atoms with Crippen LogP contribution in [0, 0.1) is 51.4 Å². The highest BCUT2D eigenvalue weighted by molar-refractivity contribution is 5.56. The largest absolute Gasteiger partial charge is 0.508 e. The van der Waals surface area contributed by atoms with Crippen LogP contribution in [-0.4, -0.2) is 82.2 Å². The third kappa shape index (κ3) is 27.0. The van der Waals surface area contributed by atoms with Crippen molar-refractivity contribution in [3.63, 3.8) is 0 Å². The quantitative estimate of drug-likeness (QED) is 0.0197. The van der Waals surface area contributed by atoms with E-state index in [1.165, 1.54) is 22.3 Å². The molecule has 14 heteroatoms. The van der Waals surface area contributed by atoms with Crippen LogP contribution in [-0.2, 0) is 51.1 Å². The molecule has 0 heterocycles. The first-order chi connectivity index (χ1) is 59.3. The number of hydrogen-bond acceptors (Lipinski definition) is 14. The lowest BCUT2D eigenvalue weighted by atomic mass is 9.83. The molecule has 0 amide bonds. The summed E-state index contributed by atoms with van der Waals surface area (Å²) in [5.74, 6) is 7.84. The molecular weight excluding hydrogens is 1530 g/mol. The third-order valence-corrected chi connectivity index (χ3v) is 26.1. The Labute approximate surface area is 732 Å². The Morgan fingerprint density at radius 2 is 0.707 bits per heavy atom. The predicted molar refractivity (Wildman–Crippen MR) is 493 cm³/mol. The van der Waals surface area contributed by atoms with Gasteiger partial charge in [0.05, 0.1) is 26.4 Å². The highest BCUT2D eigenvalue weighted by atomic mass is 16.7. The summed E-state index contributed by atoms with van der Waals surface area (Å²) in [5, 5.41) is 67.1. The maximum absolute atomic E-state index is 12.5. The van der Waals surface area contributed by atoms with E-state index in [2.05, 4.69) is 126 Å². The second-order valence-electron chi connectivity index (χ2n) is 35.8. The van der Waals surface area contributed by atoms with Gasteiger partial charge in [0.2, 0.25) is 0 Å². The van der Waals surface area contributed by atoms with E-state index >= 15 is 0 Å². The van der Waals surface area contributed by atoms with Crippen molar-refractivity contribution in [2.45, 2.75) is 267 Å². The van der Waals surface area contributed by atoms with Gasteiger partial charge in [-0.2, -0.15) is 0 Å². The Morgan fingerprint density at radius 3 is 1.16 bits per heavy atom. The van der Waals surface area contributed by atoms with Gasteiger partial charge in [0.25, 0.3) is 0 Å². The lowest BCUT2D eigenvalue weighted by Gasteiger charge is -2.30. The second-order valence-corrected chi connectivity index (χ2v) is 35.8. The highest BCUT2D eigenvalue weighted by Crippen LogP contribution is 2.41. The summed E-state index contributed by atoms with van der Waals surface area (Å²) in [6.07, 6.45) is 17.3. The number of aryl methyl sites for hydroxylation is 4. The molecule has 2 aliphatic carbocycles. The van der Waals surface area contributed by atoms with Gasteiger partial charge in [-0.15, -0.1) is 0 Å².